The van der Waals surface area contributed by atoms with Crippen LogP contribution in [-0.4, -0.2) is 26.2 Å². The highest BCUT2D eigenvalue weighted by Gasteiger charge is 2.64. The third-order valence-corrected chi connectivity index (χ3v) is 4.72. The molecule has 0 heterocycles. The summed E-state index contributed by atoms with van der Waals surface area (Å²) in [6.45, 7) is 2.37. The zero-order chi connectivity index (χ0) is 9.54. The molecule has 2 nitrogen and oxygen atoms in total. The predicted molar refractivity (Wildman–Crippen MR) is 58.1 cm³/mol. The molecule has 3 rings (SSSR count). The Morgan fingerprint density at radius 2 is 1.79 bits per heavy atom. The maximum atomic E-state index is 3.75. The summed E-state index contributed by atoms with van der Waals surface area (Å²) in [5.41, 5.74) is 0. The van der Waals surface area contributed by atoms with Gasteiger partial charge >= 0.3 is 0 Å². The standard InChI is InChI=1S/C12H22N2/c1-13-5-2-6-14-12-10-8-3-4-9(7-8)11(10)12/h8-14H,2-7H2,1H3. The molecule has 2 N–H and O–H groups in total. The van der Waals surface area contributed by atoms with Crippen LogP contribution in [0.25, 0.3) is 0 Å². The van der Waals surface area contributed by atoms with Crippen molar-refractivity contribution in [2.24, 2.45) is 23.7 Å². The molecular formula is C12H22N2. The molecule has 2 bridgehead atoms. The zero-order valence-corrected chi connectivity index (χ0v) is 9.13. The quantitative estimate of drug-likeness (QED) is 0.643. The Bertz CT molecular complexity index is 200. The topological polar surface area (TPSA) is 24.1 Å². The fraction of sp³-hybridized carbons (Fsp3) is 1.00. The molecule has 80 valence electrons. The van der Waals surface area contributed by atoms with Crippen LogP contribution >= 0.6 is 0 Å². The van der Waals surface area contributed by atoms with Gasteiger partial charge in [-0.05, 0) is 69.5 Å². The molecule has 3 aliphatic rings. The van der Waals surface area contributed by atoms with Crippen molar-refractivity contribution in [3.8, 4) is 0 Å². The van der Waals surface area contributed by atoms with Crippen molar-refractivity contribution in [3.05, 3.63) is 0 Å². The van der Waals surface area contributed by atoms with E-state index in [4.69, 9.17) is 0 Å². The number of fused-ring (bicyclic) bond motifs is 5. The molecule has 14 heavy (non-hydrogen) atoms. The molecule has 2 heteroatoms. The Morgan fingerprint density at radius 3 is 2.43 bits per heavy atom. The van der Waals surface area contributed by atoms with Gasteiger partial charge in [-0.2, -0.15) is 0 Å². The minimum absolute atomic E-state index is 0.929. The van der Waals surface area contributed by atoms with E-state index >= 15 is 0 Å². The van der Waals surface area contributed by atoms with Crippen LogP contribution < -0.4 is 10.6 Å². The second kappa shape index (κ2) is 3.49. The van der Waals surface area contributed by atoms with Gasteiger partial charge in [-0.3, -0.25) is 0 Å². The normalized spacial score (nSPS) is 48.2. The van der Waals surface area contributed by atoms with Crippen molar-refractivity contribution in [3.63, 3.8) is 0 Å². The minimum Gasteiger partial charge on any atom is -0.320 e. The molecule has 0 aliphatic heterocycles. The molecule has 3 aliphatic carbocycles. The highest BCUT2D eigenvalue weighted by atomic mass is 15.0. The molecule has 0 amide bonds. The lowest BCUT2D eigenvalue weighted by molar-refractivity contribution is 0.456. The van der Waals surface area contributed by atoms with Crippen molar-refractivity contribution in [2.75, 3.05) is 20.1 Å². The number of rotatable bonds is 5. The predicted octanol–water partition coefficient (Wildman–Crippen LogP) is 1.23. The second-order valence-electron chi connectivity index (χ2n) is 5.42. The van der Waals surface area contributed by atoms with Gasteiger partial charge < -0.3 is 10.6 Å². The largest absolute Gasteiger partial charge is 0.320 e. The zero-order valence-electron chi connectivity index (χ0n) is 9.13. The molecular weight excluding hydrogens is 172 g/mol. The van der Waals surface area contributed by atoms with E-state index < -0.39 is 0 Å². The SMILES string of the molecule is CNCCCNC1C2C3CCC(C3)C12. The van der Waals surface area contributed by atoms with Gasteiger partial charge in [0, 0.05) is 6.04 Å². The third-order valence-electron chi connectivity index (χ3n) is 4.72. The molecule has 4 unspecified atom stereocenters. The van der Waals surface area contributed by atoms with Crippen LogP contribution in [0.5, 0.6) is 0 Å². The maximum absolute atomic E-state index is 3.75. The van der Waals surface area contributed by atoms with E-state index in [1.807, 2.05) is 7.05 Å². The first kappa shape index (κ1) is 9.17. The van der Waals surface area contributed by atoms with Gasteiger partial charge in [0.15, 0.2) is 0 Å². The van der Waals surface area contributed by atoms with E-state index in [9.17, 15) is 0 Å². The van der Waals surface area contributed by atoms with Crippen molar-refractivity contribution in [1.82, 2.24) is 10.6 Å². The van der Waals surface area contributed by atoms with Crippen LogP contribution in [0, 0.1) is 23.7 Å². The van der Waals surface area contributed by atoms with Gasteiger partial charge in [0.05, 0.1) is 0 Å². The summed E-state index contributed by atoms with van der Waals surface area (Å²) in [5, 5.41) is 6.96. The third kappa shape index (κ3) is 1.31. The monoisotopic (exact) mass is 194 g/mol. The van der Waals surface area contributed by atoms with Crippen molar-refractivity contribution >= 4 is 0 Å². The Labute approximate surface area is 86.8 Å². The van der Waals surface area contributed by atoms with Crippen LogP contribution in [0.2, 0.25) is 0 Å². The number of hydrogen-bond donors (Lipinski definition) is 2. The highest BCUT2D eigenvalue weighted by Crippen LogP contribution is 2.65. The van der Waals surface area contributed by atoms with E-state index in [1.165, 1.54) is 13.0 Å². The molecule has 4 atom stereocenters. The Kier molecular flexibility index (Phi) is 2.29. The lowest BCUT2D eigenvalue weighted by Gasteiger charge is -2.10. The number of nitrogens with one attached hydrogen (secondary N) is 2. The van der Waals surface area contributed by atoms with Crippen LogP contribution in [-0.2, 0) is 0 Å². The average Bonchev–Trinajstić information content (AvgIpc) is 2.60. The minimum atomic E-state index is 0.929. The summed E-state index contributed by atoms with van der Waals surface area (Å²) < 4.78 is 0. The summed E-state index contributed by atoms with van der Waals surface area (Å²) in [4.78, 5) is 0. The lowest BCUT2D eigenvalue weighted by atomic mass is 10.0. The van der Waals surface area contributed by atoms with Crippen LogP contribution in [0.15, 0.2) is 0 Å². The van der Waals surface area contributed by atoms with E-state index in [0.717, 1.165) is 36.3 Å². The molecule has 0 radical (unpaired) electrons. The van der Waals surface area contributed by atoms with Crippen LogP contribution in [0.4, 0.5) is 0 Å². The molecule has 3 fully saturated rings. The molecule has 0 spiro atoms. The first-order valence-electron chi connectivity index (χ1n) is 6.30. The van der Waals surface area contributed by atoms with E-state index in [2.05, 4.69) is 10.6 Å². The summed E-state index contributed by atoms with van der Waals surface area (Å²) in [7, 11) is 2.03. The van der Waals surface area contributed by atoms with Crippen molar-refractivity contribution in [2.45, 2.75) is 31.7 Å². The fourth-order valence-corrected chi connectivity index (χ4v) is 4.13. The van der Waals surface area contributed by atoms with Gasteiger partial charge in [0.1, 0.15) is 0 Å². The molecule has 0 saturated heterocycles. The Balaban J connectivity index is 1.41. The summed E-state index contributed by atoms with van der Waals surface area (Å²) in [5.74, 6) is 4.44. The Morgan fingerprint density at radius 1 is 1.07 bits per heavy atom. The summed E-state index contributed by atoms with van der Waals surface area (Å²) in [6, 6.07) is 0.929. The molecule has 0 aromatic carbocycles. The second-order valence-corrected chi connectivity index (χ2v) is 5.42. The van der Waals surface area contributed by atoms with Gasteiger partial charge in [-0.15, -0.1) is 0 Å². The highest BCUT2D eigenvalue weighted by molar-refractivity contribution is 5.16. The first-order chi connectivity index (χ1) is 6.92. The van der Waals surface area contributed by atoms with Gasteiger partial charge in [0.25, 0.3) is 0 Å². The summed E-state index contributed by atoms with van der Waals surface area (Å²) >= 11 is 0. The van der Waals surface area contributed by atoms with E-state index in [1.54, 1.807) is 19.3 Å². The van der Waals surface area contributed by atoms with E-state index in [0.29, 0.717) is 0 Å². The summed E-state index contributed by atoms with van der Waals surface area (Å²) in [6.07, 6.45) is 5.94. The van der Waals surface area contributed by atoms with Gasteiger partial charge in [-0.25, -0.2) is 0 Å². The Hall–Kier alpha value is -0.0800. The number of hydrogen-bond acceptors (Lipinski definition) is 2. The van der Waals surface area contributed by atoms with Gasteiger partial charge in [-0.1, -0.05) is 0 Å². The first-order valence-corrected chi connectivity index (χ1v) is 6.30. The average molecular weight is 194 g/mol. The molecule has 0 aromatic rings. The van der Waals surface area contributed by atoms with Crippen LogP contribution in [0.3, 0.4) is 0 Å². The van der Waals surface area contributed by atoms with Crippen molar-refractivity contribution < 1.29 is 0 Å². The molecule has 0 aromatic heterocycles. The maximum Gasteiger partial charge on any atom is 0.0136 e. The molecule has 3 saturated carbocycles. The van der Waals surface area contributed by atoms with E-state index in [-0.39, 0.29) is 0 Å². The smallest absolute Gasteiger partial charge is 0.0136 e. The lowest BCUT2D eigenvalue weighted by Crippen LogP contribution is -2.26. The van der Waals surface area contributed by atoms with Crippen molar-refractivity contribution in [1.29, 1.82) is 0 Å². The fourth-order valence-electron chi connectivity index (χ4n) is 4.13. The van der Waals surface area contributed by atoms with Crippen LogP contribution in [0.1, 0.15) is 25.7 Å². The van der Waals surface area contributed by atoms with Gasteiger partial charge in [0.2, 0.25) is 0 Å².